The Kier molecular flexibility index (Phi) is 11.4. The van der Waals surface area contributed by atoms with Gasteiger partial charge < -0.3 is 24.6 Å². The van der Waals surface area contributed by atoms with Gasteiger partial charge in [0.25, 0.3) is 17.7 Å². The molecule has 0 spiro atoms. The summed E-state index contributed by atoms with van der Waals surface area (Å²) >= 11 is 0. The minimum atomic E-state index is -2.08. The summed E-state index contributed by atoms with van der Waals surface area (Å²) in [5.41, 5.74) is 3.84. The second-order valence-electron chi connectivity index (χ2n) is 17.5. The van der Waals surface area contributed by atoms with Crippen LogP contribution in [0.4, 0.5) is 28.4 Å². The second-order valence-corrected chi connectivity index (χ2v) is 17.5. The Labute approximate surface area is 403 Å². The molecule has 2 N–H and O–H groups in total. The van der Waals surface area contributed by atoms with Crippen LogP contribution in [0.25, 0.3) is 0 Å². The van der Waals surface area contributed by atoms with Gasteiger partial charge in [-0.15, -0.1) is 5.10 Å². The first-order chi connectivity index (χ1) is 34.2. The zero-order valence-corrected chi connectivity index (χ0v) is 38.0. The van der Waals surface area contributed by atoms with Crippen LogP contribution in [0, 0.1) is 5.92 Å². The maximum atomic E-state index is 15.2. The Bertz CT molecular complexity index is 3350. The van der Waals surface area contributed by atoms with E-state index >= 15 is 4.79 Å². The van der Waals surface area contributed by atoms with Crippen molar-refractivity contribution >= 4 is 46.2 Å². The average Bonchev–Trinajstić information content (AvgIpc) is 3.85. The number of aliphatic hydroxyl groups is 2. The normalized spacial score (nSPS) is 16.8. The summed E-state index contributed by atoms with van der Waals surface area (Å²) in [5.74, 6) is -0.376. The summed E-state index contributed by atoms with van der Waals surface area (Å²) in [4.78, 5) is 48.8. The number of fused-ring (bicyclic) bond motifs is 5. The lowest BCUT2D eigenvalue weighted by Gasteiger charge is -2.29. The summed E-state index contributed by atoms with van der Waals surface area (Å²) in [6, 6.07) is 51.2. The predicted octanol–water partition coefficient (Wildman–Crippen LogP) is 10.6. The van der Waals surface area contributed by atoms with Crippen molar-refractivity contribution in [2.75, 3.05) is 21.3 Å². The van der Waals surface area contributed by atoms with Crippen LogP contribution >= 0.6 is 0 Å². The quantitative estimate of drug-likeness (QED) is 0.114. The largest absolute Gasteiger partial charge is 0.454 e. The van der Waals surface area contributed by atoms with Gasteiger partial charge in [-0.25, -0.2) is 0 Å². The van der Waals surface area contributed by atoms with Crippen LogP contribution in [0.5, 0.6) is 23.0 Å². The molecule has 0 radical (unpaired) electrons. The fourth-order valence-corrected chi connectivity index (χ4v) is 9.62. The van der Waals surface area contributed by atoms with E-state index in [9.17, 15) is 19.8 Å². The van der Waals surface area contributed by atoms with E-state index in [1.54, 1.807) is 93.0 Å². The molecule has 13 nitrogen and oxygen atoms in total. The fourth-order valence-electron chi connectivity index (χ4n) is 9.62. The van der Waals surface area contributed by atoms with Crippen molar-refractivity contribution in [3.63, 3.8) is 0 Å². The van der Waals surface area contributed by atoms with Crippen LogP contribution < -0.4 is 24.2 Å². The van der Waals surface area contributed by atoms with Crippen molar-refractivity contribution in [3.05, 3.63) is 222 Å². The Morgan fingerprint density at radius 1 is 0.643 bits per heavy atom. The number of hydrogen-bond donors (Lipinski definition) is 2. The van der Waals surface area contributed by atoms with Gasteiger partial charge in [0, 0.05) is 35.6 Å². The van der Waals surface area contributed by atoms with Crippen molar-refractivity contribution in [2.45, 2.75) is 38.0 Å². The average molecular weight is 927 g/mol. The van der Waals surface area contributed by atoms with Gasteiger partial charge in [-0.1, -0.05) is 115 Å². The maximum absolute atomic E-state index is 15.2. The maximum Gasteiger partial charge on any atom is 0.266 e. The second kappa shape index (κ2) is 18.1. The molecule has 0 aliphatic carbocycles. The first-order valence-corrected chi connectivity index (χ1v) is 23.1. The lowest BCUT2D eigenvalue weighted by molar-refractivity contribution is -0.139. The van der Waals surface area contributed by atoms with E-state index in [0.717, 1.165) is 5.56 Å². The number of aromatic nitrogens is 3. The number of aryl methyl sites for hydroxylation is 1. The van der Waals surface area contributed by atoms with Crippen molar-refractivity contribution < 1.29 is 34.1 Å². The van der Waals surface area contributed by atoms with Crippen LogP contribution in [0.3, 0.4) is 0 Å². The molecule has 1 aromatic heterocycles. The highest BCUT2D eigenvalue weighted by atomic mass is 16.5. The molecule has 346 valence electrons. The van der Waals surface area contributed by atoms with Crippen molar-refractivity contribution in [2.24, 2.45) is 5.92 Å². The van der Waals surface area contributed by atoms with Gasteiger partial charge >= 0.3 is 0 Å². The predicted molar refractivity (Wildman–Crippen MR) is 265 cm³/mol. The highest BCUT2D eigenvalue weighted by Crippen LogP contribution is 2.50. The topological polar surface area (TPSA) is 151 Å². The highest BCUT2D eigenvalue weighted by Gasteiger charge is 2.53. The van der Waals surface area contributed by atoms with Crippen LogP contribution in [-0.2, 0) is 23.5 Å². The number of nitrogens with zero attached hydrogens (tertiary/aromatic N) is 6. The van der Waals surface area contributed by atoms with Crippen LogP contribution in [-0.4, -0.2) is 49.5 Å². The van der Waals surface area contributed by atoms with Gasteiger partial charge in [0.2, 0.25) is 0 Å². The first-order valence-electron chi connectivity index (χ1n) is 23.1. The molecule has 0 saturated carbocycles. The van der Waals surface area contributed by atoms with Gasteiger partial charge in [0.05, 0.1) is 53.0 Å². The number of anilines is 5. The minimum Gasteiger partial charge on any atom is -0.454 e. The summed E-state index contributed by atoms with van der Waals surface area (Å²) in [7, 11) is 0. The Morgan fingerprint density at radius 2 is 1.23 bits per heavy atom. The monoisotopic (exact) mass is 926 g/mol. The molecule has 3 atom stereocenters. The Hall–Kier alpha value is -8.65. The molecule has 7 aromatic carbocycles. The molecule has 11 rings (SSSR count). The summed E-state index contributed by atoms with van der Waals surface area (Å²) < 4.78 is 14.3. The Balaban J connectivity index is 0.937. The Morgan fingerprint density at radius 3 is 1.87 bits per heavy atom. The molecule has 8 aromatic rings. The molecule has 4 heterocycles. The number of carbonyl (C=O) groups is 3. The number of benzene rings is 7. The summed E-state index contributed by atoms with van der Waals surface area (Å²) in [6.07, 6.45) is 6.07. The zero-order chi connectivity index (χ0) is 47.9. The number of para-hydroxylation sites is 6. The van der Waals surface area contributed by atoms with E-state index in [4.69, 9.17) is 9.47 Å². The lowest BCUT2D eigenvalue weighted by Crippen LogP contribution is -2.44. The molecular formula is C57H46N6O7. The number of carbonyl (C=O) groups excluding carboxylic acids is 3. The smallest absolute Gasteiger partial charge is 0.266 e. The third kappa shape index (κ3) is 7.67. The third-order valence-corrected chi connectivity index (χ3v) is 13.2. The van der Waals surface area contributed by atoms with Crippen LogP contribution in [0.15, 0.2) is 188 Å². The number of hydrogen-bond acceptors (Lipinski definition) is 9. The number of ether oxygens (including phenoxy) is 2. The SMILES string of the molecule is C[C@@H](/C=C/CCn1cc(C(CO)c2ccccc2)nn1)[C@]1(O)C(=O)N(Cc2cccc(N3C(=O)c4ccccc4Oc4ccccc43)c2)c2ccc(N3C(=O)c4ccccc4Oc4ccccc43)cc21. The van der Waals surface area contributed by atoms with Gasteiger partial charge in [-0.3, -0.25) is 28.9 Å². The van der Waals surface area contributed by atoms with Gasteiger partial charge in [-0.2, -0.15) is 0 Å². The summed E-state index contributed by atoms with van der Waals surface area (Å²) in [5, 5.41) is 31.9. The molecule has 13 heteroatoms. The highest BCUT2D eigenvalue weighted by molar-refractivity contribution is 6.16. The molecule has 0 bridgehead atoms. The zero-order valence-electron chi connectivity index (χ0n) is 38.0. The molecule has 3 amide bonds. The molecule has 1 unspecified atom stereocenters. The van der Waals surface area contributed by atoms with E-state index in [1.165, 1.54) is 0 Å². The number of amides is 3. The van der Waals surface area contributed by atoms with Gasteiger partial charge in [0.1, 0.15) is 11.5 Å². The third-order valence-electron chi connectivity index (χ3n) is 13.2. The van der Waals surface area contributed by atoms with Crippen molar-refractivity contribution in [1.82, 2.24) is 15.0 Å². The molecule has 0 saturated heterocycles. The molecule has 3 aliphatic rings. The van der Waals surface area contributed by atoms with E-state index in [2.05, 4.69) is 10.3 Å². The molecular weight excluding hydrogens is 881 g/mol. The molecule has 0 fully saturated rings. The van der Waals surface area contributed by atoms with Crippen molar-refractivity contribution in [3.8, 4) is 23.0 Å². The number of rotatable bonds is 12. The van der Waals surface area contributed by atoms with Crippen LogP contribution in [0.1, 0.15) is 62.4 Å². The fraction of sp³-hybridized carbons (Fsp3) is 0.140. The molecule has 70 heavy (non-hydrogen) atoms. The van der Waals surface area contributed by atoms with Gasteiger partial charge in [-0.05, 0) is 96.4 Å². The standard InChI is InChI=1S/C57H46N6O7/c1-37(16-13-14-31-60-35-46(58-59-60)44(36-64)39-18-3-2-4-19-39)57(68)45-33-41(63-49-24-8-12-28-53(49)70-51-26-10-6-22-43(51)55(63)66)29-30-47(45)61(56(57)67)34-38-17-15-20-40(32-38)62-48-23-7-11-27-52(48)69-50-25-9-5-21-42(50)54(62)65/h2-13,15-30,32-33,35,37,44,64,68H,14,31,34,36H2,1H3/b16-13+/t37-,44?,57+/m0/s1. The van der Waals surface area contributed by atoms with E-state index in [-0.39, 0.29) is 30.9 Å². The first kappa shape index (κ1) is 43.9. The van der Waals surface area contributed by atoms with E-state index < -0.39 is 17.4 Å². The summed E-state index contributed by atoms with van der Waals surface area (Å²) in [6.45, 7) is 2.19. The van der Waals surface area contributed by atoms with Crippen LogP contribution in [0.2, 0.25) is 0 Å². The number of aliphatic hydroxyl groups excluding tert-OH is 1. The van der Waals surface area contributed by atoms with Gasteiger partial charge in [0.15, 0.2) is 17.1 Å². The van der Waals surface area contributed by atoms with E-state index in [0.29, 0.717) is 92.3 Å². The molecule has 3 aliphatic heterocycles. The number of allylic oxidation sites excluding steroid dienone is 1. The van der Waals surface area contributed by atoms with Crippen molar-refractivity contribution in [1.29, 1.82) is 0 Å². The lowest BCUT2D eigenvalue weighted by atomic mass is 9.82. The van der Waals surface area contributed by atoms with E-state index in [1.807, 2.05) is 121 Å². The minimum absolute atomic E-state index is 0.0493.